The van der Waals surface area contributed by atoms with Crippen LogP contribution in [0.15, 0.2) is 12.1 Å². The van der Waals surface area contributed by atoms with Crippen molar-refractivity contribution in [2.75, 3.05) is 26.0 Å². The van der Waals surface area contributed by atoms with Crippen LogP contribution >= 0.6 is 11.6 Å². The lowest BCUT2D eigenvalue weighted by atomic mass is 10.1. The summed E-state index contributed by atoms with van der Waals surface area (Å²) >= 11 is 6.15. The van der Waals surface area contributed by atoms with Crippen LogP contribution in [0.3, 0.4) is 0 Å². The van der Waals surface area contributed by atoms with Crippen molar-refractivity contribution in [3.63, 3.8) is 0 Å². The van der Waals surface area contributed by atoms with Gasteiger partial charge in [0.05, 0.1) is 10.7 Å². The zero-order valence-corrected chi connectivity index (χ0v) is 11.9. The van der Waals surface area contributed by atoms with Crippen molar-refractivity contribution in [1.29, 1.82) is 0 Å². The fourth-order valence-corrected chi connectivity index (χ4v) is 1.88. The van der Waals surface area contributed by atoms with Gasteiger partial charge in [-0.15, -0.1) is 0 Å². The molecule has 1 aromatic heterocycles. The smallest absolute Gasteiger partial charge is 0.126 e. The molecule has 96 valence electrons. The lowest BCUT2D eigenvalue weighted by Crippen LogP contribution is -2.24. The number of anilines is 1. The van der Waals surface area contributed by atoms with Gasteiger partial charge in [0.15, 0.2) is 0 Å². The Hall–Kier alpha value is -0.800. The summed E-state index contributed by atoms with van der Waals surface area (Å²) in [5, 5.41) is 3.77. The van der Waals surface area contributed by atoms with Crippen molar-refractivity contribution in [1.82, 2.24) is 9.88 Å². The lowest BCUT2D eigenvalue weighted by Gasteiger charge is -2.20. The number of hydrogen-bond donors (Lipinski definition) is 1. The summed E-state index contributed by atoms with van der Waals surface area (Å²) in [6, 6.07) is 3.79. The topological polar surface area (TPSA) is 28.2 Å². The molecule has 1 unspecified atom stereocenters. The van der Waals surface area contributed by atoms with Crippen LogP contribution in [0.5, 0.6) is 0 Å². The predicted octanol–water partition coefficient (Wildman–Crippen LogP) is 3.25. The first kappa shape index (κ1) is 14.3. The fourth-order valence-electron chi connectivity index (χ4n) is 1.72. The molecule has 0 aliphatic rings. The van der Waals surface area contributed by atoms with Crippen molar-refractivity contribution < 1.29 is 0 Å². The molecule has 3 nitrogen and oxygen atoms in total. The molecule has 0 bridgehead atoms. The molecular formula is C13H22ClN3. The van der Waals surface area contributed by atoms with Gasteiger partial charge in [0, 0.05) is 20.1 Å². The van der Waals surface area contributed by atoms with Crippen LogP contribution in [0, 0.1) is 5.92 Å². The van der Waals surface area contributed by atoms with Crippen molar-refractivity contribution in [2.24, 2.45) is 5.92 Å². The Balaban J connectivity index is 2.66. The quantitative estimate of drug-likeness (QED) is 0.846. The molecule has 0 saturated heterocycles. The molecule has 0 aliphatic heterocycles. The van der Waals surface area contributed by atoms with Gasteiger partial charge in [-0.05, 0) is 25.1 Å². The molecule has 1 N–H and O–H groups in total. The number of hydrogen-bond acceptors (Lipinski definition) is 3. The molecule has 4 heteroatoms. The van der Waals surface area contributed by atoms with Gasteiger partial charge in [-0.3, -0.25) is 0 Å². The molecule has 0 amide bonds. The van der Waals surface area contributed by atoms with Gasteiger partial charge in [-0.25, -0.2) is 4.98 Å². The molecule has 1 heterocycles. The number of halogens is 1. The molecule has 1 rings (SSSR count). The first-order valence-corrected chi connectivity index (χ1v) is 6.46. The number of nitrogens with zero attached hydrogens (tertiary/aromatic N) is 2. The maximum absolute atomic E-state index is 6.15. The fraction of sp³-hybridized carbons (Fsp3) is 0.615. The molecule has 0 fully saturated rings. The van der Waals surface area contributed by atoms with E-state index in [0.29, 0.717) is 5.92 Å². The monoisotopic (exact) mass is 255 g/mol. The minimum atomic E-state index is 0.700. The Bertz CT molecular complexity index is 355. The highest BCUT2D eigenvalue weighted by atomic mass is 35.5. The van der Waals surface area contributed by atoms with E-state index in [-0.39, 0.29) is 0 Å². The van der Waals surface area contributed by atoms with E-state index in [1.54, 1.807) is 0 Å². The van der Waals surface area contributed by atoms with E-state index in [4.69, 9.17) is 11.6 Å². The lowest BCUT2D eigenvalue weighted by molar-refractivity contribution is 0.272. The first-order chi connectivity index (χ1) is 8.06. The maximum atomic E-state index is 6.15. The van der Waals surface area contributed by atoms with Crippen LogP contribution in [0.4, 0.5) is 5.82 Å². The van der Waals surface area contributed by atoms with Gasteiger partial charge in [-0.2, -0.15) is 0 Å². The number of rotatable bonds is 6. The standard InChI is InChI=1S/C13H22ClN3/c1-5-10(2)8-17(4)9-12-11(14)6-7-13(15-3)16-12/h6-7,10H,5,8-9H2,1-4H3,(H,15,16). The van der Waals surface area contributed by atoms with Crippen molar-refractivity contribution in [2.45, 2.75) is 26.8 Å². The van der Waals surface area contributed by atoms with Gasteiger partial charge in [-0.1, -0.05) is 31.9 Å². The third kappa shape index (κ3) is 4.52. The van der Waals surface area contributed by atoms with E-state index in [2.05, 4.69) is 36.1 Å². The van der Waals surface area contributed by atoms with Crippen LogP contribution in [0.25, 0.3) is 0 Å². The van der Waals surface area contributed by atoms with Crippen molar-refractivity contribution in [3.05, 3.63) is 22.8 Å². The van der Waals surface area contributed by atoms with Gasteiger partial charge < -0.3 is 10.2 Å². The van der Waals surface area contributed by atoms with Crippen molar-refractivity contribution >= 4 is 17.4 Å². The minimum Gasteiger partial charge on any atom is -0.373 e. The van der Waals surface area contributed by atoms with Crippen LogP contribution in [-0.4, -0.2) is 30.5 Å². The third-order valence-corrected chi connectivity index (χ3v) is 3.26. The molecule has 1 aromatic rings. The third-order valence-electron chi connectivity index (χ3n) is 2.91. The van der Waals surface area contributed by atoms with Gasteiger partial charge in [0.1, 0.15) is 5.82 Å². The van der Waals surface area contributed by atoms with Crippen molar-refractivity contribution in [3.8, 4) is 0 Å². The maximum Gasteiger partial charge on any atom is 0.126 e. The molecule has 0 aromatic carbocycles. The van der Waals surface area contributed by atoms with Crippen LogP contribution in [0.1, 0.15) is 26.0 Å². The highest BCUT2D eigenvalue weighted by Crippen LogP contribution is 2.18. The van der Waals surface area contributed by atoms with Gasteiger partial charge >= 0.3 is 0 Å². The minimum absolute atomic E-state index is 0.700. The highest BCUT2D eigenvalue weighted by Gasteiger charge is 2.09. The highest BCUT2D eigenvalue weighted by molar-refractivity contribution is 6.31. The Morgan fingerprint density at radius 3 is 2.76 bits per heavy atom. The summed E-state index contributed by atoms with van der Waals surface area (Å²) in [7, 11) is 3.97. The first-order valence-electron chi connectivity index (χ1n) is 6.08. The molecule has 17 heavy (non-hydrogen) atoms. The number of nitrogens with one attached hydrogen (secondary N) is 1. The molecule has 0 aliphatic carbocycles. The molecular weight excluding hydrogens is 234 g/mol. The van der Waals surface area contributed by atoms with E-state index in [0.717, 1.165) is 29.6 Å². The second-order valence-electron chi connectivity index (χ2n) is 4.59. The summed E-state index contributed by atoms with van der Waals surface area (Å²) in [6.07, 6.45) is 1.20. The zero-order chi connectivity index (χ0) is 12.8. The largest absolute Gasteiger partial charge is 0.373 e. The number of aromatic nitrogens is 1. The molecule has 0 spiro atoms. The van der Waals surface area contributed by atoms with Crippen LogP contribution in [-0.2, 0) is 6.54 Å². The SMILES string of the molecule is CCC(C)CN(C)Cc1nc(NC)ccc1Cl. The average molecular weight is 256 g/mol. The number of pyridine rings is 1. The molecule has 0 radical (unpaired) electrons. The van der Waals surface area contributed by atoms with E-state index < -0.39 is 0 Å². The Morgan fingerprint density at radius 2 is 2.18 bits per heavy atom. The van der Waals surface area contributed by atoms with Gasteiger partial charge in [0.2, 0.25) is 0 Å². The molecule has 0 saturated carbocycles. The van der Waals surface area contributed by atoms with Gasteiger partial charge in [0.25, 0.3) is 0 Å². The Kier molecular flexibility index (Phi) is 5.72. The second-order valence-corrected chi connectivity index (χ2v) is 4.99. The zero-order valence-electron chi connectivity index (χ0n) is 11.1. The Labute approximate surface area is 109 Å². The van der Waals surface area contributed by atoms with E-state index >= 15 is 0 Å². The Morgan fingerprint density at radius 1 is 1.47 bits per heavy atom. The summed E-state index contributed by atoms with van der Waals surface area (Å²) in [6.45, 7) is 6.33. The average Bonchev–Trinajstić information content (AvgIpc) is 2.31. The predicted molar refractivity (Wildman–Crippen MR) is 74.6 cm³/mol. The summed E-state index contributed by atoms with van der Waals surface area (Å²) in [5.41, 5.74) is 0.935. The normalized spacial score (nSPS) is 12.8. The van der Waals surface area contributed by atoms with Crippen LogP contribution < -0.4 is 5.32 Å². The van der Waals surface area contributed by atoms with Crippen LogP contribution in [0.2, 0.25) is 5.02 Å². The van der Waals surface area contributed by atoms with E-state index in [1.807, 2.05) is 19.2 Å². The van der Waals surface area contributed by atoms with E-state index in [1.165, 1.54) is 6.42 Å². The second kappa shape index (κ2) is 6.82. The van der Waals surface area contributed by atoms with E-state index in [9.17, 15) is 0 Å². The molecule has 1 atom stereocenters. The summed E-state index contributed by atoms with van der Waals surface area (Å²) in [5.74, 6) is 1.56. The summed E-state index contributed by atoms with van der Waals surface area (Å²) in [4.78, 5) is 6.74. The summed E-state index contributed by atoms with van der Waals surface area (Å²) < 4.78 is 0.